The number of nitrogens with two attached hydrogens (primary N) is 1. The van der Waals surface area contributed by atoms with Crippen LogP contribution in [0.1, 0.15) is 17.1 Å². The summed E-state index contributed by atoms with van der Waals surface area (Å²) in [5, 5.41) is 18.1. The number of imidazole rings is 2. The molecule has 0 radical (unpaired) electrons. The summed E-state index contributed by atoms with van der Waals surface area (Å²) >= 11 is 3.39. The molecule has 0 fully saturated rings. The smallest absolute Gasteiger partial charge is 0.202 e. The molecule has 0 atom stereocenters. The van der Waals surface area contributed by atoms with Crippen molar-refractivity contribution in [2.45, 2.75) is 6.54 Å². The number of aromatic nitrogens is 4. The van der Waals surface area contributed by atoms with Crippen molar-refractivity contribution in [1.29, 1.82) is 10.5 Å². The van der Waals surface area contributed by atoms with Crippen molar-refractivity contribution < 1.29 is 0 Å². The van der Waals surface area contributed by atoms with Crippen LogP contribution in [0.3, 0.4) is 0 Å². The predicted octanol–water partition coefficient (Wildman–Crippen LogP) is 1.67. The maximum atomic E-state index is 9.15. The van der Waals surface area contributed by atoms with Gasteiger partial charge in [0.2, 0.25) is 5.95 Å². The molecule has 0 aliphatic carbocycles. The maximum absolute atomic E-state index is 9.15. The number of halogens is 1. The Morgan fingerprint density at radius 1 is 1.19 bits per heavy atom. The topological polar surface area (TPSA) is 109 Å². The largest absolute Gasteiger partial charge is 0.369 e. The van der Waals surface area contributed by atoms with Crippen molar-refractivity contribution >= 4 is 27.5 Å². The predicted molar refractivity (Wildman–Crippen MR) is 78.1 cm³/mol. The molecule has 0 spiro atoms. The van der Waals surface area contributed by atoms with Crippen molar-refractivity contribution in [3.05, 3.63) is 46.1 Å². The number of hydrogen-bond acceptors (Lipinski definition) is 5. The molecule has 0 amide bonds. The third kappa shape index (κ3) is 2.22. The van der Waals surface area contributed by atoms with Crippen molar-refractivity contribution in [3.63, 3.8) is 0 Å². The van der Waals surface area contributed by atoms with Gasteiger partial charge in [-0.25, -0.2) is 9.97 Å². The van der Waals surface area contributed by atoms with Crippen molar-refractivity contribution in [2.75, 3.05) is 5.73 Å². The summed E-state index contributed by atoms with van der Waals surface area (Å²) in [6.07, 6.45) is 3.72. The van der Waals surface area contributed by atoms with E-state index >= 15 is 0 Å². The second kappa shape index (κ2) is 4.93. The molecule has 21 heavy (non-hydrogen) atoms. The molecular weight excluding hydrogens is 334 g/mol. The van der Waals surface area contributed by atoms with Crippen LogP contribution in [0, 0.1) is 22.7 Å². The van der Waals surface area contributed by atoms with Crippen LogP contribution in [0.5, 0.6) is 0 Å². The maximum Gasteiger partial charge on any atom is 0.202 e. The summed E-state index contributed by atoms with van der Waals surface area (Å²) in [5.41, 5.74) is 7.45. The van der Waals surface area contributed by atoms with Crippen LogP contribution < -0.4 is 5.73 Å². The zero-order chi connectivity index (χ0) is 15.0. The molecule has 3 rings (SSSR count). The summed E-state index contributed by atoms with van der Waals surface area (Å²) in [7, 11) is 0. The van der Waals surface area contributed by atoms with E-state index < -0.39 is 0 Å². The van der Waals surface area contributed by atoms with Crippen LogP contribution in [0.2, 0.25) is 0 Å². The van der Waals surface area contributed by atoms with Crippen LogP contribution >= 0.6 is 15.9 Å². The average molecular weight is 342 g/mol. The lowest BCUT2D eigenvalue weighted by atomic mass is 10.3. The molecule has 0 aromatic carbocycles. The van der Waals surface area contributed by atoms with Crippen LogP contribution in [0.4, 0.5) is 5.95 Å². The number of rotatable bonds is 2. The Hall–Kier alpha value is -2.84. The van der Waals surface area contributed by atoms with Crippen LogP contribution in [0.25, 0.3) is 5.65 Å². The fourth-order valence-electron chi connectivity index (χ4n) is 2.08. The minimum Gasteiger partial charge on any atom is -0.369 e. The molecule has 3 heterocycles. The number of anilines is 1. The SMILES string of the molecule is N#Cc1nc(N)n(Cc2cn3cc(Br)ccc3n2)c1C#N. The van der Waals surface area contributed by atoms with Crippen LogP contribution in [-0.2, 0) is 6.54 Å². The van der Waals surface area contributed by atoms with Gasteiger partial charge in [0.15, 0.2) is 11.4 Å². The number of nitrogens with zero attached hydrogens (tertiary/aromatic N) is 6. The van der Waals surface area contributed by atoms with Crippen molar-refractivity contribution in [3.8, 4) is 12.1 Å². The lowest BCUT2D eigenvalue weighted by molar-refractivity contribution is 0.780. The molecule has 0 bridgehead atoms. The third-order valence-electron chi connectivity index (χ3n) is 2.99. The molecular formula is C13H8BrN7. The van der Waals surface area contributed by atoms with Gasteiger partial charge in [0.1, 0.15) is 17.8 Å². The molecule has 0 aliphatic rings. The number of fused-ring (bicyclic) bond motifs is 1. The molecule has 102 valence electrons. The van der Waals surface area contributed by atoms with E-state index in [1.54, 1.807) is 0 Å². The minimum atomic E-state index is 0.0292. The number of hydrogen-bond donors (Lipinski definition) is 1. The molecule has 2 N–H and O–H groups in total. The standard InChI is InChI=1S/C13H8BrN7/c14-8-1-2-12-18-9(6-20(12)5-8)7-21-11(4-16)10(3-15)19-13(21)17/h1-2,5-6H,7H2,(H2,17,19). The highest BCUT2D eigenvalue weighted by atomic mass is 79.9. The van der Waals surface area contributed by atoms with Crippen molar-refractivity contribution in [2.24, 2.45) is 0 Å². The summed E-state index contributed by atoms with van der Waals surface area (Å²) < 4.78 is 4.28. The summed E-state index contributed by atoms with van der Waals surface area (Å²) in [5.74, 6) is 0.126. The molecule has 0 unspecified atom stereocenters. The van der Waals surface area contributed by atoms with Gasteiger partial charge in [-0.3, -0.25) is 4.57 Å². The van der Waals surface area contributed by atoms with Gasteiger partial charge in [-0.1, -0.05) is 0 Å². The second-order valence-corrected chi connectivity index (χ2v) is 5.24. The first-order chi connectivity index (χ1) is 10.1. The molecule has 0 saturated heterocycles. The van der Waals surface area contributed by atoms with E-state index in [0.717, 1.165) is 15.8 Å². The van der Waals surface area contributed by atoms with Gasteiger partial charge in [-0.2, -0.15) is 10.5 Å². The summed E-state index contributed by atoms with van der Waals surface area (Å²) in [6.45, 7) is 0.280. The lowest BCUT2D eigenvalue weighted by Gasteiger charge is -2.02. The Balaban J connectivity index is 2.05. The lowest BCUT2D eigenvalue weighted by Crippen LogP contribution is -2.07. The highest BCUT2D eigenvalue weighted by molar-refractivity contribution is 9.10. The fourth-order valence-corrected chi connectivity index (χ4v) is 2.43. The Morgan fingerprint density at radius 3 is 2.71 bits per heavy atom. The van der Waals surface area contributed by atoms with E-state index in [9.17, 15) is 0 Å². The number of nitriles is 2. The molecule has 3 aromatic heterocycles. The monoisotopic (exact) mass is 341 g/mol. The van der Waals surface area contributed by atoms with E-state index in [0.29, 0.717) is 0 Å². The summed E-state index contributed by atoms with van der Waals surface area (Å²) in [4.78, 5) is 8.33. The van der Waals surface area contributed by atoms with Gasteiger partial charge >= 0.3 is 0 Å². The van der Waals surface area contributed by atoms with Gasteiger partial charge in [0, 0.05) is 16.9 Å². The van der Waals surface area contributed by atoms with E-state index in [-0.39, 0.29) is 23.9 Å². The average Bonchev–Trinajstić information content (AvgIpc) is 2.99. The molecule has 0 saturated carbocycles. The quantitative estimate of drug-likeness (QED) is 0.762. The van der Waals surface area contributed by atoms with E-state index in [4.69, 9.17) is 16.3 Å². The second-order valence-electron chi connectivity index (χ2n) is 4.32. The first kappa shape index (κ1) is 13.2. The zero-order valence-electron chi connectivity index (χ0n) is 10.7. The van der Waals surface area contributed by atoms with Crippen molar-refractivity contribution in [1.82, 2.24) is 18.9 Å². The van der Waals surface area contributed by atoms with Gasteiger partial charge in [-0.15, -0.1) is 0 Å². The highest BCUT2D eigenvalue weighted by Crippen LogP contribution is 2.17. The Labute approximate surface area is 128 Å². The van der Waals surface area contributed by atoms with E-state index in [1.165, 1.54) is 4.57 Å². The molecule has 7 nitrogen and oxygen atoms in total. The minimum absolute atomic E-state index is 0.0292. The normalized spacial score (nSPS) is 10.4. The molecule has 8 heteroatoms. The highest BCUT2D eigenvalue weighted by Gasteiger charge is 2.16. The third-order valence-corrected chi connectivity index (χ3v) is 3.46. The Kier molecular flexibility index (Phi) is 3.09. The van der Waals surface area contributed by atoms with E-state index in [1.807, 2.05) is 41.1 Å². The van der Waals surface area contributed by atoms with Crippen LogP contribution in [0.15, 0.2) is 29.0 Å². The molecule has 0 aliphatic heterocycles. The van der Waals surface area contributed by atoms with E-state index in [2.05, 4.69) is 25.9 Å². The molecule has 3 aromatic rings. The van der Waals surface area contributed by atoms with Gasteiger partial charge in [0.05, 0.1) is 12.2 Å². The van der Waals surface area contributed by atoms with Gasteiger partial charge in [-0.05, 0) is 28.1 Å². The van der Waals surface area contributed by atoms with Crippen LogP contribution in [-0.4, -0.2) is 18.9 Å². The first-order valence-electron chi connectivity index (χ1n) is 5.91. The number of pyridine rings is 1. The fraction of sp³-hybridized carbons (Fsp3) is 0.0769. The number of nitrogen functional groups attached to an aromatic ring is 1. The Morgan fingerprint density at radius 2 is 2.00 bits per heavy atom. The van der Waals surface area contributed by atoms with Gasteiger partial charge < -0.3 is 10.1 Å². The van der Waals surface area contributed by atoms with Gasteiger partial charge in [0.25, 0.3) is 0 Å². The zero-order valence-corrected chi connectivity index (χ0v) is 12.2. The Bertz CT molecular complexity index is 923. The first-order valence-corrected chi connectivity index (χ1v) is 6.71. The summed E-state index contributed by atoms with van der Waals surface area (Å²) in [6, 6.07) is 7.58.